The highest BCUT2D eigenvalue weighted by molar-refractivity contribution is 7.93. The van der Waals surface area contributed by atoms with Crippen LogP contribution in [0.15, 0.2) is 53.4 Å². The van der Waals surface area contributed by atoms with Gasteiger partial charge in [-0.25, -0.2) is 17.5 Å². The van der Waals surface area contributed by atoms with Crippen LogP contribution in [0.1, 0.15) is 11.1 Å². The van der Waals surface area contributed by atoms with Crippen LogP contribution in [0.5, 0.6) is 0 Å². The summed E-state index contributed by atoms with van der Waals surface area (Å²) in [6.07, 6.45) is -0.122. The molecule has 1 aliphatic rings. The number of para-hydroxylation sites is 1. The number of ketones is 1. The van der Waals surface area contributed by atoms with E-state index in [1.54, 1.807) is 36.4 Å². The van der Waals surface area contributed by atoms with Gasteiger partial charge in [0, 0.05) is 13.5 Å². The SMILES string of the molecule is COCC(=O)C1(C(=O)OC)Cc2ccccc2N1S(=O)(=O)c1ccc(C)cc1. The zero-order valence-electron chi connectivity index (χ0n) is 15.8. The number of ether oxygens (including phenoxy) is 2. The number of esters is 1. The van der Waals surface area contributed by atoms with Crippen LogP contribution in [0.2, 0.25) is 0 Å². The molecule has 2 aromatic carbocycles. The Labute approximate surface area is 163 Å². The van der Waals surface area contributed by atoms with Crippen LogP contribution in [0.3, 0.4) is 0 Å². The Hall–Kier alpha value is -2.71. The van der Waals surface area contributed by atoms with Crippen molar-refractivity contribution in [2.45, 2.75) is 23.8 Å². The molecule has 1 unspecified atom stereocenters. The van der Waals surface area contributed by atoms with Crippen molar-refractivity contribution in [3.05, 3.63) is 59.7 Å². The number of benzene rings is 2. The molecule has 0 fully saturated rings. The summed E-state index contributed by atoms with van der Waals surface area (Å²) in [5, 5.41) is 0. The molecule has 0 aromatic heterocycles. The Morgan fingerprint density at radius 1 is 1.07 bits per heavy atom. The summed E-state index contributed by atoms with van der Waals surface area (Å²) in [5.41, 5.74) is -0.334. The smallest absolute Gasteiger partial charge is 0.341 e. The number of methoxy groups -OCH3 is 2. The summed E-state index contributed by atoms with van der Waals surface area (Å²) >= 11 is 0. The van der Waals surface area contributed by atoms with Gasteiger partial charge in [-0.1, -0.05) is 35.9 Å². The molecule has 28 heavy (non-hydrogen) atoms. The van der Waals surface area contributed by atoms with Crippen molar-refractivity contribution in [3.8, 4) is 0 Å². The average molecular weight is 403 g/mol. The molecule has 0 aliphatic carbocycles. The monoisotopic (exact) mass is 403 g/mol. The van der Waals surface area contributed by atoms with E-state index in [-0.39, 0.29) is 17.0 Å². The number of fused-ring (bicyclic) bond motifs is 1. The summed E-state index contributed by atoms with van der Waals surface area (Å²) in [6, 6.07) is 12.9. The number of hydrogen-bond acceptors (Lipinski definition) is 6. The quantitative estimate of drug-likeness (QED) is 0.540. The van der Waals surface area contributed by atoms with E-state index in [9.17, 15) is 18.0 Å². The number of Topliss-reactive ketones (excluding diaryl/α,β-unsaturated/α-hetero) is 1. The molecular formula is C20H21NO6S. The summed E-state index contributed by atoms with van der Waals surface area (Å²) in [6.45, 7) is 1.41. The number of hydrogen-bond donors (Lipinski definition) is 0. The lowest BCUT2D eigenvalue weighted by Gasteiger charge is -2.35. The maximum atomic E-state index is 13.6. The van der Waals surface area contributed by atoms with Gasteiger partial charge in [0.15, 0.2) is 5.78 Å². The van der Waals surface area contributed by atoms with Gasteiger partial charge in [-0.05, 0) is 30.7 Å². The largest absolute Gasteiger partial charge is 0.467 e. The third-order valence-corrected chi connectivity index (χ3v) is 6.68. The number of carbonyl (C=O) groups is 2. The number of sulfonamides is 1. The summed E-state index contributed by atoms with van der Waals surface area (Å²) in [7, 11) is -1.80. The van der Waals surface area contributed by atoms with E-state index in [1.807, 2.05) is 6.92 Å². The fourth-order valence-electron chi connectivity index (χ4n) is 3.46. The zero-order valence-corrected chi connectivity index (χ0v) is 16.7. The highest BCUT2D eigenvalue weighted by atomic mass is 32.2. The van der Waals surface area contributed by atoms with Crippen molar-refractivity contribution in [3.63, 3.8) is 0 Å². The number of rotatable bonds is 6. The van der Waals surface area contributed by atoms with E-state index in [0.29, 0.717) is 5.56 Å². The second kappa shape index (κ2) is 7.37. The molecule has 8 heteroatoms. The Balaban J connectivity index is 2.29. The molecule has 0 spiro atoms. The number of anilines is 1. The van der Waals surface area contributed by atoms with Crippen LogP contribution < -0.4 is 4.31 Å². The van der Waals surface area contributed by atoms with Gasteiger partial charge in [-0.2, -0.15) is 0 Å². The lowest BCUT2D eigenvalue weighted by atomic mass is 9.90. The molecule has 3 rings (SSSR count). The maximum Gasteiger partial charge on any atom is 0.341 e. The van der Waals surface area contributed by atoms with E-state index in [2.05, 4.69) is 0 Å². The third kappa shape index (κ3) is 2.98. The van der Waals surface area contributed by atoms with Gasteiger partial charge in [0.2, 0.25) is 5.54 Å². The van der Waals surface area contributed by atoms with E-state index in [0.717, 1.165) is 17.0 Å². The van der Waals surface area contributed by atoms with Crippen LogP contribution in [-0.2, 0) is 35.5 Å². The van der Waals surface area contributed by atoms with Crippen molar-refractivity contribution in [2.24, 2.45) is 0 Å². The molecule has 1 aliphatic heterocycles. The minimum absolute atomic E-state index is 0.0201. The fourth-order valence-corrected chi connectivity index (χ4v) is 5.24. The molecule has 0 saturated carbocycles. The maximum absolute atomic E-state index is 13.6. The molecule has 148 valence electrons. The third-order valence-electron chi connectivity index (χ3n) is 4.82. The second-order valence-corrected chi connectivity index (χ2v) is 8.38. The lowest BCUT2D eigenvalue weighted by Crippen LogP contribution is -2.62. The van der Waals surface area contributed by atoms with Crippen molar-refractivity contribution in [1.29, 1.82) is 0 Å². The van der Waals surface area contributed by atoms with Crippen molar-refractivity contribution >= 4 is 27.5 Å². The minimum atomic E-state index is -4.24. The molecule has 0 amide bonds. The molecule has 1 atom stereocenters. The van der Waals surface area contributed by atoms with Crippen molar-refractivity contribution < 1.29 is 27.5 Å². The van der Waals surface area contributed by atoms with Gasteiger partial charge in [-0.15, -0.1) is 0 Å². The van der Waals surface area contributed by atoms with Crippen LogP contribution in [0.4, 0.5) is 5.69 Å². The molecule has 0 bridgehead atoms. The van der Waals surface area contributed by atoms with Crippen LogP contribution in [0.25, 0.3) is 0 Å². The Bertz CT molecular complexity index is 1020. The first kappa shape index (κ1) is 20.0. The second-order valence-electron chi connectivity index (χ2n) is 6.60. The van der Waals surface area contributed by atoms with E-state index >= 15 is 0 Å². The number of aryl methyl sites for hydroxylation is 1. The molecule has 7 nitrogen and oxygen atoms in total. The van der Waals surface area contributed by atoms with Gasteiger partial charge in [0.05, 0.1) is 17.7 Å². The zero-order chi connectivity index (χ0) is 20.5. The van der Waals surface area contributed by atoms with Crippen LogP contribution in [0, 0.1) is 6.92 Å². The minimum Gasteiger partial charge on any atom is -0.467 e. The topological polar surface area (TPSA) is 90.0 Å². The van der Waals surface area contributed by atoms with E-state index in [4.69, 9.17) is 9.47 Å². The summed E-state index contributed by atoms with van der Waals surface area (Å²) in [5.74, 6) is -1.63. The van der Waals surface area contributed by atoms with E-state index < -0.39 is 33.9 Å². The molecule has 0 radical (unpaired) electrons. The molecular weight excluding hydrogens is 382 g/mol. The standard InChI is InChI=1S/C20H21NO6S/c1-14-8-10-16(11-9-14)28(24,25)21-17-7-5-4-6-15(17)12-20(21,19(23)27-3)18(22)13-26-2/h4-11H,12-13H2,1-3H3. The molecule has 0 N–H and O–H groups in total. The van der Waals surface area contributed by atoms with Gasteiger partial charge in [-0.3, -0.25) is 4.79 Å². The predicted molar refractivity (Wildman–Crippen MR) is 103 cm³/mol. The summed E-state index contributed by atoms with van der Waals surface area (Å²) in [4.78, 5) is 25.9. The van der Waals surface area contributed by atoms with Gasteiger partial charge < -0.3 is 9.47 Å². The van der Waals surface area contributed by atoms with Crippen LogP contribution in [-0.4, -0.2) is 46.5 Å². The lowest BCUT2D eigenvalue weighted by molar-refractivity contribution is -0.151. The van der Waals surface area contributed by atoms with Crippen molar-refractivity contribution in [2.75, 3.05) is 25.1 Å². The Morgan fingerprint density at radius 2 is 1.71 bits per heavy atom. The Morgan fingerprint density at radius 3 is 2.32 bits per heavy atom. The van der Waals surface area contributed by atoms with Gasteiger partial charge in [0.25, 0.3) is 10.0 Å². The first-order chi connectivity index (χ1) is 13.3. The molecule has 2 aromatic rings. The normalized spacial score (nSPS) is 18.6. The number of nitrogens with zero attached hydrogens (tertiary/aromatic N) is 1. The molecule has 0 saturated heterocycles. The van der Waals surface area contributed by atoms with Gasteiger partial charge >= 0.3 is 5.97 Å². The first-order valence-electron chi connectivity index (χ1n) is 8.59. The van der Waals surface area contributed by atoms with Crippen LogP contribution >= 0.6 is 0 Å². The van der Waals surface area contributed by atoms with E-state index in [1.165, 1.54) is 19.2 Å². The average Bonchev–Trinajstić information content (AvgIpc) is 3.05. The predicted octanol–water partition coefficient (Wildman–Crippen LogP) is 1.87. The van der Waals surface area contributed by atoms with Crippen molar-refractivity contribution in [1.82, 2.24) is 0 Å². The Kier molecular flexibility index (Phi) is 5.27. The summed E-state index contributed by atoms with van der Waals surface area (Å²) < 4.78 is 37.9. The van der Waals surface area contributed by atoms with Gasteiger partial charge in [0.1, 0.15) is 6.61 Å². The number of carbonyl (C=O) groups excluding carboxylic acids is 2. The highest BCUT2D eigenvalue weighted by Gasteiger charge is 2.60. The highest BCUT2D eigenvalue weighted by Crippen LogP contribution is 2.44. The fraction of sp³-hybridized carbons (Fsp3) is 0.300. The first-order valence-corrected chi connectivity index (χ1v) is 10.0. The molecule has 1 heterocycles.